The van der Waals surface area contributed by atoms with Crippen molar-refractivity contribution in [2.24, 2.45) is 0 Å². The molecule has 1 aromatic carbocycles. The Morgan fingerprint density at radius 2 is 1.77 bits per heavy atom. The van der Waals surface area contributed by atoms with E-state index >= 15 is 0 Å². The van der Waals surface area contributed by atoms with Gasteiger partial charge in [0.1, 0.15) is 5.75 Å². The second kappa shape index (κ2) is 6.22. The molecular weight excluding hydrogens is 383 g/mol. The normalized spacial score (nSPS) is 18.1. The van der Waals surface area contributed by atoms with Crippen molar-refractivity contribution in [3.05, 3.63) is 30.5 Å². The van der Waals surface area contributed by atoms with Gasteiger partial charge in [0.05, 0.1) is 17.4 Å². The molecule has 0 bridgehead atoms. The molecule has 26 heavy (non-hydrogen) atoms. The molecule has 1 saturated heterocycles. The van der Waals surface area contributed by atoms with Crippen LogP contribution in [0.15, 0.2) is 30.5 Å². The Bertz CT molecular complexity index is 921. The summed E-state index contributed by atoms with van der Waals surface area (Å²) < 4.78 is 90.0. The van der Waals surface area contributed by atoms with Gasteiger partial charge in [-0.1, -0.05) is 0 Å². The molecule has 0 N–H and O–H groups in total. The molecule has 3 rings (SSSR count). The van der Waals surface area contributed by atoms with Gasteiger partial charge in [-0.05, 0) is 24.3 Å². The van der Waals surface area contributed by atoms with Crippen LogP contribution in [-0.4, -0.2) is 37.9 Å². The Morgan fingerprint density at radius 1 is 1.12 bits per heavy atom. The standard InChI is InChI=1S/C15H13F5N2O3S/c16-14(17)3-5-22(6-4-14)11-7-10-8-12(1-2-13(10)21-9-11)25-26(23,24)15(18,19)20/h1-2,7-9H,3-6H2. The van der Waals surface area contributed by atoms with Crippen LogP contribution in [0.2, 0.25) is 0 Å². The third-order valence-electron chi connectivity index (χ3n) is 3.99. The summed E-state index contributed by atoms with van der Waals surface area (Å²) in [5, 5.41) is 0.328. The van der Waals surface area contributed by atoms with E-state index in [1.54, 1.807) is 11.0 Å². The minimum atomic E-state index is -5.78. The van der Waals surface area contributed by atoms with Crippen LogP contribution in [0, 0.1) is 0 Å². The van der Waals surface area contributed by atoms with Crippen LogP contribution in [0.4, 0.5) is 27.6 Å². The summed E-state index contributed by atoms with van der Waals surface area (Å²) in [6.07, 6.45) is 0.856. The molecule has 0 atom stereocenters. The highest BCUT2D eigenvalue weighted by Gasteiger charge is 2.48. The largest absolute Gasteiger partial charge is 0.534 e. The highest BCUT2D eigenvalue weighted by atomic mass is 32.2. The van der Waals surface area contributed by atoms with E-state index < -0.39 is 27.3 Å². The lowest BCUT2D eigenvalue weighted by Crippen LogP contribution is -2.39. The molecule has 0 spiro atoms. The van der Waals surface area contributed by atoms with Gasteiger partial charge in [-0.2, -0.15) is 21.6 Å². The van der Waals surface area contributed by atoms with E-state index in [-0.39, 0.29) is 25.9 Å². The number of halogens is 5. The smallest absolute Gasteiger partial charge is 0.376 e. The van der Waals surface area contributed by atoms with E-state index in [0.717, 1.165) is 12.1 Å². The number of anilines is 1. The summed E-state index contributed by atoms with van der Waals surface area (Å²) in [6, 6.07) is 5.01. The quantitative estimate of drug-likeness (QED) is 0.450. The van der Waals surface area contributed by atoms with Gasteiger partial charge in [0.2, 0.25) is 0 Å². The molecule has 142 valence electrons. The van der Waals surface area contributed by atoms with Crippen molar-refractivity contribution >= 4 is 26.7 Å². The molecule has 0 unspecified atom stereocenters. The fourth-order valence-electron chi connectivity index (χ4n) is 2.59. The average Bonchev–Trinajstić information content (AvgIpc) is 2.53. The fraction of sp³-hybridized carbons (Fsp3) is 0.400. The first-order valence-corrected chi connectivity index (χ1v) is 8.91. The lowest BCUT2D eigenvalue weighted by molar-refractivity contribution is -0.0500. The summed E-state index contributed by atoms with van der Waals surface area (Å²) in [5.74, 6) is -3.23. The number of hydrogen-bond acceptors (Lipinski definition) is 5. The first-order chi connectivity index (χ1) is 12.0. The number of pyridine rings is 1. The Labute approximate surface area is 145 Å². The van der Waals surface area contributed by atoms with Crippen molar-refractivity contribution < 1.29 is 34.6 Å². The lowest BCUT2D eigenvalue weighted by Gasteiger charge is -2.33. The molecule has 1 aromatic heterocycles. The molecule has 0 radical (unpaired) electrons. The van der Waals surface area contributed by atoms with Crippen molar-refractivity contribution in [2.45, 2.75) is 24.3 Å². The molecule has 1 fully saturated rings. The predicted octanol–water partition coefficient (Wildman–Crippen LogP) is 3.70. The van der Waals surface area contributed by atoms with Gasteiger partial charge in [-0.15, -0.1) is 0 Å². The lowest BCUT2D eigenvalue weighted by atomic mass is 10.1. The minimum absolute atomic E-state index is 0.110. The molecule has 2 heterocycles. The first kappa shape index (κ1) is 18.6. The Kier molecular flexibility index (Phi) is 4.45. The monoisotopic (exact) mass is 396 g/mol. The minimum Gasteiger partial charge on any atom is -0.376 e. The summed E-state index contributed by atoms with van der Waals surface area (Å²) >= 11 is 0. The van der Waals surface area contributed by atoms with E-state index in [1.807, 2.05) is 0 Å². The van der Waals surface area contributed by atoms with Crippen molar-refractivity contribution in [1.29, 1.82) is 0 Å². The van der Waals surface area contributed by atoms with E-state index in [2.05, 4.69) is 9.17 Å². The van der Waals surface area contributed by atoms with Crippen LogP contribution in [0.3, 0.4) is 0 Å². The second-order valence-electron chi connectivity index (χ2n) is 5.87. The van der Waals surface area contributed by atoms with Crippen LogP contribution in [0.5, 0.6) is 5.75 Å². The van der Waals surface area contributed by atoms with Crippen molar-refractivity contribution in [3.8, 4) is 5.75 Å². The molecule has 1 aliphatic rings. The number of benzene rings is 1. The number of nitrogens with zero attached hydrogens (tertiary/aromatic N) is 2. The van der Waals surface area contributed by atoms with E-state index in [4.69, 9.17) is 0 Å². The molecule has 0 saturated carbocycles. The highest BCUT2D eigenvalue weighted by Crippen LogP contribution is 2.32. The van der Waals surface area contributed by atoms with Gasteiger partial charge in [0.25, 0.3) is 5.92 Å². The van der Waals surface area contributed by atoms with Crippen LogP contribution in [0.25, 0.3) is 10.9 Å². The Morgan fingerprint density at radius 3 is 2.38 bits per heavy atom. The number of aromatic nitrogens is 1. The highest BCUT2D eigenvalue weighted by molar-refractivity contribution is 7.88. The molecule has 2 aromatic rings. The van der Waals surface area contributed by atoms with E-state index in [1.165, 1.54) is 12.3 Å². The molecule has 0 amide bonds. The van der Waals surface area contributed by atoms with Crippen LogP contribution >= 0.6 is 0 Å². The Hall–Kier alpha value is -2.17. The summed E-state index contributed by atoms with van der Waals surface area (Å²) in [5.41, 5.74) is -4.63. The second-order valence-corrected chi connectivity index (χ2v) is 7.41. The van der Waals surface area contributed by atoms with Gasteiger partial charge in [-0.25, -0.2) is 8.78 Å². The van der Waals surface area contributed by atoms with Crippen molar-refractivity contribution in [1.82, 2.24) is 4.98 Å². The summed E-state index contributed by atoms with van der Waals surface area (Å²) in [4.78, 5) is 5.81. The zero-order chi connectivity index (χ0) is 19.2. The average molecular weight is 396 g/mol. The SMILES string of the molecule is O=S(=O)(Oc1ccc2ncc(N3CCC(F)(F)CC3)cc2c1)C(F)(F)F. The van der Waals surface area contributed by atoms with E-state index in [0.29, 0.717) is 16.6 Å². The van der Waals surface area contributed by atoms with Crippen LogP contribution in [-0.2, 0) is 10.1 Å². The van der Waals surface area contributed by atoms with E-state index in [9.17, 15) is 30.4 Å². The number of rotatable bonds is 3. The van der Waals surface area contributed by atoms with Crippen LogP contribution < -0.4 is 9.08 Å². The molecule has 1 aliphatic heterocycles. The zero-order valence-electron chi connectivity index (χ0n) is 13.1. The maximum absolute atomic E-state index is 13.2. The maximum Gasteiger partial charge on any atom is 0.534 e. The third-order valence-corrected chi connectivity index (χ3v) is 4.97. The van der Waals surface area contributed by atoms with Gasteiger partial charge in [0.15, 0.2) is 0 Å². The molecule has 0 aliphatic carbocycles. The van der Waals surface area contributed by atoms with Crippen molar-refractivity contribution in [2.75, 3.05) is 18.0 Å². The van der Waals surface area contributed by atoms with Gasteiger partial charge < -0.3 is 9.08 Å². The number of fused-ring (bicyclic) bond motifs is 1. The van der Waals surface area contributed by atoms with Crippen molar-refractivity contribution in [3.63, 3.8) is 0 Å². The van der Waals surface area contributed by atoms with Gasteiger partial charge in [0, 0.05) is 31.3 Å². The topological polar surface area (TPSA) is 59.5 Å². The molecule has 5 nitrogen and oxygen atoms in total. The first-order valence-electron chi connectivity index (χ1n) is 7.50. The fourth-order valence-corrected chi connectivity index (χ4v) is 3.04. The third kappa shape index (κ3) is 3.81. The predicted molar refractivity (Wildman–Crippen MR) is 83.7 cm³/mol. The van der Waals surface area contributed by atoms with Crippen LogP contribution in [0.1, 0.15) is 12.8 Å². The number of hydrogen-bond donors (Lipinski definition) is 0. The summed E-state index contributed by atoms with van der Waals surface area (Å²) in [6.45, 7) is 0.220. The molecule has 11 heteroatoms. The number of piperidine rings is 1. The number of alkyl halides is 5. The summed E-state index contributed by atoms with van der Waals surface area (Å²) in [7, 11) is -5.78. The Balaban J connectivity index is 1.87. The van der Waals surface area contributed by atoms with Gasteiger partial charge in [-0.3, -0.25) is 4.98 Å². The van der Waals surface area contributed by atoms with Gasteiger partial charge >= 0.3 is 15.6 Å². The maximum atomic E-state index is 13.2. The molecular formula is C15H13F5N2O3S. The zero-order valence-corrected chi connectivity index (χ0v) is 13.9.